The van der Waals surface area contributed by atoms with E-state index in [0.29, 0.717) is 23.0 Å². The average Bonchev–Trinajstić information content (AvgIpc) is 3.48. The summed E-state index contributed by atoms with van der Waals surface area (Å²) in [5, 5.41) is 6.38. The van der Waals surface area contributed by atoms with Gasteiger partial charge in [0.05, 0.1) is 13.1 Å². The van der Waals surface area contributed by atoms with Crippen LogP contribution in [-0.4, -0.2) is 37.9 Å². The zero-order valence-electron chi connectivity index (χ0n) is 13.4. The molecule has 0 radical (unpaired) electrons. The molecule has 0 amide bonds. The maximum atomic E-state index is 5.90. The first-order valence-electron chi connectivity index (χ1n) is 8.24. The molecule has 0 saturated heterocycles. The fourth-order valence-corrected chi connectivity index (χ4v) is 2.92. The number of hydrogen-bond acceptors (Lipinski definition) is 7. The molecule has 7 nitrogen and oxygen atoms in total. The first kappa shape index (κ1) is 14.2. The van der Waals surface area contributed by atoms with Crippen molar-refractivity contribution in [2.24, 2.45) is 9.98 Å². The zero-order valence-corrected chi connectivity index (χ0v) is 13.4. The highest BCUT2D eigenvalue weighted by atomic mass is 16.4. The summed E-state index contributed by atoms with van der Waals surface area (Å²) >= 11 is 0. The molecule has 0 aliphatic carbocycles. The predicted molar refractivity (Wildman–Crippen MR) is 92.9 cm³/mol. The molecule has 0 fully saturated rings. The van der Waals surface area contributed by atoms with Gasteiger partial charge in [-0.2, -0.15) is 0 Å². The van der Waals surface area contributed by atoms with Gasteiger partial charge in [0, 0.05) is 13.1 Å². The van der Waals surface area contributed by atoms with Crippen LogP contribution in [0.2, 0.25) is 0 Å². The zero-order chi connectivity index (χ0) is 16.6. The van der Waals surface area contributed by atoms with Gasteiger partial charge in [0.2, 0.25) is 0 Å². The average molecular weight is 336 g/mol. The first-order valence-corrected chi connectivity index (χ1v) is 8.24. The minimum atomic E-state index is 0.647. The highest BCUT2D eigenvalue weighted by molar-refractivity contribution is 5.98. The molecule has 2 aliphatic rings. The second-order valence-corrected chi connectivity index (χ2v) is 5.81. The third-order valence-electron chi connectivity index (χ3n) is 4.12. The minimum Gasteiger partial charge on any atom is -0.450 e. The monoisotopic (exact) mass is 336 g/mol. The Hall–Kier alpha value is -3.22. The van der Waals surface area contributed by atoms with E-state index in [4.69, 9.17) is 13.3 Å². The quantitative estimate of drug-likeness (QED) is 0.764. The molecule has 126 valence electrons. The number of nitrogens with zero attached hydrogens (tertiary/aromatic N) is 2. The number of hydrogen-bond donors (Lipinski definition) is 2. The van der Waals surface area contributed by atoms with Crippen molar-refractivity contribution < 1.29 is 13.3 Å². The fourth-order valence-electron chi connectivity index (χ4n) is 2.92. The van der Waals surface area contributed by atoms with Crippen LogP contribution in [-0.2, 0) is 0 Å². The van der Waals surface area contributed by atoms with Crippen molar-refractivity contribution in [1.29, 1.82) is 0 Å². The van der Waals surface area contributed by atoms with Crippen LogP contribution in [0.1, 0.15) is 11.5 Å². The summed E-state index contributed by atoms with van der Waals surface area (Å²) in [5.41, 5.74) is 0. The van der Waals surface area contributed by atoms with Crippen molar-refractivity contribution in [2.75, 3.05) is 26.2 Å². The molecular formula is C18H16N4O3. The van der Waals surface area contributed by atoms with E-state index in [0.717, 1.165) is 49.4 Å². The second-order valence-electron chi connectivity index (χ2n) is 5.81. The van der Waals surface area contributed by atoms with Crippen molar-refractivity contribution in [3.8, 4) is 23.0 Å². The van der Waals surface area contributed by atoms with Gasteiger partial charge in [0.1, 0.15) is 0 Å². The van der Waals surface area contributed by atoms with Crippen LogP contribution < -0.4 is 10.6 Å². The maximum absolute atomic E-state index is 5.90. The Bertz CT molecular complexity index is 899. The molecule has 0 aromatic carbocycles. The molecular weight excluding hydrogens is 320 g/mol. The van der Waals surface area contributed by atoms with E-state index < -0.39 is 0 Å². The van der Waals surface area contributed by atoms with Gasteiger partial charge in [-0.15, -0.1) is 0 Å². The van der Waals surface area contributed by atoms with Gasteiger partial charge in [-0.1, -0.05) is 0 Å². The van der Waals surface area contributed by atoms with Crippen LogP contribution in [0.3, 0.4) is 0 Å². The highest BCUT2D eigenvalue weighted by Crippen LogP contribution is 2.31. The van der Waals surface area contributed by atoms with Crippen LogP contribution in [0.4, 0.5) is 0 Å². The summed E-state index contributed by atoms with van der Waals surface area (Å²) in [7, 11) is 0. The topological polar surface area (TPSA) is 88.2 Å². The van der Waals surface area contributed by atoms with Crippen molar-refractivity contribution >= 4 is 11.7 Å². The number of rotatable bonds is 4. The van der Waals surface area contributed by atoms with Crippen molar-refractivity contribution in [2.45, 2.75) is 0 Å². The summed E-state index contributed by atoms with van der Waals surface area (Å²) in [5.74, 6) is 5.63. The van der Waals surface area contributed by atoms with Gasteiger partial charge < -0.3 is 23.9 Å². The molecule has 25 heavy (non-hydrogen) atoms. The van der Waals surface area contributed by atoms with E-state index in [1.807, 2.05) is 36.4 Å². The largest absolute Gasteiger partial charge is 0.450 e. The van der Waals surface area contributed by atoms with E-state index in [1.165, 1.54) is 0 Å². The molecule has 2 N–H and O–H groups in total. The summed E-state index contributed by atoms with van der Waals surface area (Å²) in [4.78, 5) is 8.71. The van der Waals surface area contributed by atoms with Crippen LogP contribution in [0.5, 0.6) is 0 Å². The molecule has 0 unspecified atom stereocenters. The van der Waals surface area contributed by atoms with Gasteiger partial charge in [0.15, 0.2) is 46.2 Å². The highest BCUT2D eigenvalue weighted by Gasteiger charge is 2.18. The van der Waals surface area contributed by atoms with E-state index in [1.54, 1.807) is 0 Å². The Kier molecular flexibility index (Phi) is 3.22. The maximum Gasteiger partial charge on any atom is 0.170 e. The number of nitrogens with one attached hydrogen (secondary N) is 2. The molecule has 3 aromatic heterocycles. The molecule has 2 aliphatic heterocycles. The Morgan fingerprint density at radius 1 is 0.560 bits per heavy atom. The van der Waals surface area contributed by atoms with Crippen molar-refractivity contribution in [3.05, 3.63) is 47.9 Å². The molecule has 5 heterocycles. The van der Waals surface area contributed by atoms with Gasteiger partial charge in [0.25, 0.3) is 0 Å². The SMILES string of the molecule is c1cc(-c2ccc(-c3ccc(C4=NCCN4)o3)o2)oc1C1=NCCN1. The van der Waals surface area contributed by atoms with Crippen LogP contribution in [0.15, 0.2) is 59.6 Å². The van der Waals surface area contributed by atoms with E-state index in [-0.39, 0.29) is 0 Å². The lowest BCUT2D eigenvalue weighted by atomic mass is 10.3. The van der Waals surface area contributed by atoms with E-state index in [9.17, 15) is 0 Å². The van der Waals surface area contributed by atoms with Crippen LogP contribution in [0.25, 0.3) is 23.0 Å². The van der Waals surface area contributed by atoms with E-state index >= 15 is 0 Å². The molecule has 0 atom stereocenters. The predicted octanol–water partition coefficient (Wildman–Crippen LogP) is 2.50. The molecule has 0 spiro atoms. The first-order chi connectivity index (χ1) is 12.4. The third-order valence-corrected chi connectivity index (χ3v) is 4.12. The number of amidine groups is 2. The van der Waals surface area contributed by atoms with Gasteiger partial charge in [-0.25, -0.2) is 0 Å². The van der Waals surface area contributed by atoms with Gasteiger partial charge >= 0.3 is 0 Å². The molecule has 0 bridgehead atoms. The summed E-state index contributed by atoms with van der Waals surface area (Å²) < 4.78 is 17.6. The smallest absolute Gasteiger partial charge is 0.170 e. The third kappa shape index (κ3) is 2.53. The molecule has 3 aromatic rings. The van der Waals surface area contributed by atoms with Gasteiger partial charge in [-0.05, 0) is 36.4 Å². The number of aliphatic imine (C=N–C) groups is 2. The summed E-state index contributed by atoms with van der Waals surface area (Å²) in [6.07, 6.45) is 0. The molecule has 5 rings (SSSR count). The van der Waals surface area contributed by atoms with Crippen molar-refractivity contribution in [3.63, 3.8) is 0 Å². The van der Waals surface area contributed by atoms with E-state index in [2.05, 4.69) is 20.6 Å². The molecule has 0 saturated carbocycles. The van der Waals surface area contributed by atoms with Crippen molar-refractivity contribution in [1.82, 2.24) is 10.6 Å². The standard InChI is InChI=1S/C18H16N4O3/c1-2-12(14-4-6-16(25-14)18-21-9-10-22-18)23-11(1)13-3-5-15(24-13)17-19-7-8-20-17/h1-6H,7-10H2,(H,19,20)(H,21,22). The summed E-state index contributed by atoms with van der Waals surface area (Å²) in [6, 6.07) is 11.3. The van der Waals surface area contributed by atoms with Gasteiger partial charge in [-0.3, -0.25) is 9.98 Å². The fraction of sp³-hybridized carbons (Fsp3) is 0.222. The van der Waals surface area contributed by atoms with Crippen LogP contribution >= 0.6 is 0 Å². The van der Waals surface area contributed by atoms with Crippen LogP contribution in [0, 0.1) is 0 Å². The minimum absolute atomic E-state index is 0.647. The lowest BCUT2D eigenvalue weighted by Gasteiger charge is -1.97. The molecule has 7 heteroatoms. The summed E-state index contributed by atoms with van der Waals surface area (Å²) in [6.45, 7) is 3.24. The Balaban J connectivity index is 1.40. The Labute approximate surface area is 143 Å². The number of furan rings is 3. The Morgan fingerprint density at radius 3 is 1.28 bits per heavy atom. The lowest BCUT2D eigenvalue weighted by molar-refractivity contribution is 0.503. The second kappa shape index (κ2) is 5.70. The normalized spacial score (nSPS) is 16.5. The lowest BCUT2D eigenvalue weighted by Crippen LogP contribution is -2.18. The Morgan fingerprint density at radius 2 is 0.920 bits per heavy atom.